The molecule has 2 aromatic carbocycles. The van der Waals surface area contributed by atoms with Crippen LogP contribution in [0.15, 0.2) is 54.6 Å². The first-order chi connectivity index (χ1) is 9.16. The fraction of sp³-hybridized carbons (Fsp3) is 0.235. The highest BCUT2D eigenvalue weighted by Gasteiger charge is 2.14. The second kappa shape index (κ2) is 6.28. The van der Waals surface area contributed by atoms with E-state index in [1.807, 2.05) is 37.3 Å². The lowest BCUT2D eigenvalue weighted by molar-refractivity contribution is -0.120. The molecule has 0 saturated heterocycles. The summed E-state index contributed by atoms with van der Waals surface area (Å²) in [7, 11) is 0. The summed E-state index contributed by atoms with van der Waals surface area (Å²) in [6.07, 6.45) is 1.27. The molecule has 19 heavy (non-hydrogen) atoms. The lowest BCUT2D eigenvalue weighted by atomic mass is 9.93. The predicted octanol–water partition coefficient (Wildman–Crippen LogP) is 4.13. The highest BCUT2D eigenvalue weighted by Crippen LogP contribution is 2.19. The zero-order valence-corrected chi connectivity index (χ0v) is 11.0. The van der Waals surface area contributed by atoms with Crippen molar-refractivity contribution in [2.24, 2.45) is 0 Å². The molecule has 2 heteroatoms. The molecule has 0 fully saturated rings. The van der Waals surface area contributed by atoms with Crippen molar-refractivity contribution in [2.45, 2.75) is 25.7 Å². The first-order valence-electron chi connectivity index (χ1n) is 6.49. The van der Waals surface area contributed by atoms with Crippen LogP contribution in [0.4, 0.5) is 4.39 Å². The topological polar surface area (TPSA) is 17.1 Å². The summed E-state index contributed by atoms with van der Waals surface area (Å²) in [5, 5.41) is 0. The van der Waals surface area contributed by atoms with Crippen LogP contribution in [-0.4, -0.2) is 5.78 Å². The van der Waals surface area contributed by atoms with Crippen LogP contribution in [-0.2, 0) is 11.2 Å². The molecular formula is C17H17FO. The van der Waals surface area contributed by atoms with E-state index in [0.717, 1.165) is 12.0 Å². The number of hydrogen-bond acceptors (Lipinski definition) is 1. The third-order valence-electron chi connectivity index (χ3n) is 3.36. The van der Waals surface area contributed by atoms with E-state index in [4.69, 9.17) is 0 Å². The van der Waals surface area contributed by atoms with E-state index in [1.54, 1.807) is 12.1 Å². The predicted molar refractivity (Wildman–Crippen MR) is 74.6 cm³/mol. The summed E-state index contributed by atoms with van der Waals surface area (Å²) in [5.41, 5.74) is 2.04. The molecule has 0 aromatic heterocycles. The Labute approximate surface area is 113 Å². The third-order valence-corrected chi connectivity index (χ3v) is 3.36. The summed E-state index contributed by atoms with van der Waals surface area (Å²) in [4.78, 5) is 12.1. The summed E-state index contributed by atoms with van der Waals surface area (Å²) in [6, 6.07) is 16.1. The van der Waals surface area contributed by atoms with Crippen molar-refractivity contribution in [2.75, 3.05) is 0 Å². The number of halogens is 1. The second-order valence-electron chi connectivity index (χ2n) is 4.73. The highest BCUT2D eigenvalue weighted by atomic mass is 19.1. The van der Waals surface area contributed by atoms with Crippen molar-refractivity contribution in [1.82, 2.24) is 0 Å². The molecule has 0 saturated carbocycles. The number of ketones is 1. The molecule has 0 amide bonds. The molecule has 0 aliphatic heterocycles. The van der Waals surface area contributed by atoms with Crippen molar-refractivity contribution >= 4 is 5.78 Å². The first-order valence-corrected chi connectivity index (χ1v) is 6.49. The van der Waals surface area contributed by atoms with Crippen LogP contribution in [0.2, 0.25) is 0 Å². The molecule has 1 unspecified atom stereocenters. The lowest BCUT2D eigenvalue weighted by Crippen LogP contribution is -2.10. The van der Waals surface area contributed by atoms with Crippen molar-refractivity contribution < 1.29 is 9.18 Å². The maximum atomic E-state index is 12.8. The molecule has 1 atom stereocenters. The van der Waals surface area contributed by atoms with Crippen LogP contribution in [0.1, 0.15) is 30.4 Å². The minimum atomic E-state index is -0.271. The summed E-state index contributed by atoms with van der Waals surface area (Å²) >= 11 is 0. The monoisotopic (exact) mass is 256 g/mol. The number of benzene rings is 2. The van der Waals surface area contributed by atoms with Crippen LogP contribution in [0, 0.1) is 5.82 Å². The van der Waals surface area contributed by atoms with Gasteiger partial charge in [0, 0.05) is 12.3 Å². The maximum absolute atomic E-state index is 12.8. The molecule has 0 aliphatic carbocycles. The van der Waals surface area contributed by atoms with Crippen LogP contribution < -0.4 is 0 Å². The van der Waals surface area contributed by atoms with Crippen molar-refractivity contribution in [3.05, 3.63) is 71.5 Å². The molecule has 0 spiro atoms. The molecule has 98 valence electrons. The number of Topliss-reactive ketones (excluding diaryl/α,β-unsaturated/α-hetero) is 1. The van der Waals surface area contributed by atoms with Gasteiger partial charge in [0.05, 0.1) is 0 Å². The largest absolute Gasteiger partial charge is 0.299 e. The highest BCUT2D eigenvalue weighted by molar-refractivity contribution is 5.85. The van der Waals surface area contributed by atoms with Gasteiger partial charge in [-0.1, -0.05) is 49.4 Å². The van der Waals surface area contributed by atoms with E-state index < -0.39 is 0 Å². The Morgan fingerprint density at radius 3 is 2.32 bits per heavy atom. The summed E-state index contributed by atoms with van der Waals surface area (Å²) in [5.74, 6) is -0.257. The Bertz CT molecular complexity index is 531. The van der Waals surface area contributed by atoms with Gasteiger partial charge < -0.3 is 0 Å². The Hall–Kier alpha value is -1.96. The summed E-state index contributed by atoms with van der Waals surface area (Å²) < 4.78 is 12.8. The Kier molecular flexibility index (Phi) is 4.45. The van der Waals surface area contributed by atoms with Gasteiger partial charge >= 0.3 is 0 Å². The molecule has 0 aliphatic rings. The normalized spacial score (nSPS) is 12.1. The van der Waals surface area contributed by atoms with Gasteiger partial charge in [-0.15, -0.1) is 0 Å². The lowest BCUT2D eigenvalue weighted by Gasteiger charge is -2.10. The van der Waals surface area contributed by atoms with Gasteiger partial charge in [-0.2, -0.15) is 0 Å². The Balaban J connectivity index is 1.94. The quantitative estimate of drug-likeness (QED) is 0.786. The average Bonchev–Trinajstić information content (AvgIpc) is 2.46. The number of hydrogen-bond donors (Lipinski definition) is 0. The second-order valence-corrected chi connectivity index (χ2v) is 4.73. The van der Waals surface area contributed by atoms with Gasteiger partial charge in [-0.3, -0.25) is 4.79 Å². The van der Waals surface area contributed by atoms with Crippen molar-refractivity contribution in [3.8, 4) is 0 Å². The van der Waals surface area contributed by atoms with E-state index in [-0.39, 0.29) is 17.5 Å². The van der Waals surface area contributed by atoms with Gasteiger partial charge in [0.2, 0.25) is 0 Å². The van der Waals surface area contributed by atoms with E-state index in [2.05, 4.69) is 0 Å². The average molecular weight is 256 g/mol. The van der Waals surface area contributed by atoms with Crippen LogP contribution in [0.5, 0.6) is 0 Å². The zero-order valence-electron chi connectivity index (χ0n) is 11.0. The fourth-order valence-corrected chi connectivity index (χ4v) is 2.07. The van der Waals surface area contributed by atoms with Crippen LogP contribution >= 0.6 is 0 Å². The minimum Gasteiger partial charge on any atom is -0.299 e. The number of rotatable bonds is 5. The first kappa shape index (κ1) is 13.5. The number of carbonyl (C=O) groups is 1. The maximum Gasteiger partial charge on any atom is 0.140 e. The Morgan fingerprint density at radius 2 is 1.68 bits per heavy atom. The Morgan fingerprint density at radius 1 is 1.05 bits per heavy atom. The molecule has 0 radical (unpaired) electrons. The molecule has 1 nitrogen and oxygen atoms in total. The molecule has 2 aromatic rings. The SMILES string of the molecule is CC(C(=O)CCc1ccccc1)c1ccc(F)cc1. The number of aryl methyl sites for hydroxylation is 1. The standard InChI is InChI=1S/C17H17FO/c1-13(15-8-10-16(18)11-9-15)17(19)12-7-14-5-3-2-4-6-14/h2-6,8-11,13H,7,12H2,1H3. The van der Waals surface area contributed by atoms with Gasteiger partial charge in [-0.05, 0) is 29.7 Å². The van der Waals surface area contributed by atoms with Crippen LogP contribution in [0.3, 0.4) is 0 Å². The molecular weight excluding hydrogens is 239 g/mol. The smallest absolute Gasteiger partial charge is 0.140 e. The van der Waals surface area contributed by atoms with Crippen LogP contribution in [0.25, 0.3) is 0 Å². The van der Waals surface area contributed by atoms with Gasteiger partial charge in [0.15, 0.2) is 0 Å². The molecule has 2 rings (SSSR count). The molecule has 0 N–H and O–H groups in total. The van der Waals surface area contributed by atoms with Crippen molar-refractivity contribution in [3.63, 3.8) is 0 Å². The zero-order chi connectivity index (χ0) is 13.7. The van der Waals surface area contributed by atoms with E-state index in [1.165, 1.54) is 17.7 Å². The third kappa shape index (κ3) is 3.75. The summed E-state index contributed by atoms with van der Waals surface area (Å²) in [6.45, 7) is 1.88. The van der Waals surface area contributed by atoms with Crippen molar-refractivity contribution in [1.29, 1.82) is 0 Å². The fourth-order valence-electron chi connectivity index (χ4n) is 2.07. The van der Waals surface area contributed by atoms with Gasteiger partial charge in [0.1, 0.15) is 11.6 Å². The van der Waals surface area contributed by atoms with E-state index in [0.29, 0.717) is 6.42 Å². The molecule has 0 bridgehead atoms. The minimum absolute atomic E-state index is 0.177. The van der Waals surface area contributed by atoms with Gasteiger partial charge in [0.25, 0.3) is 0 Å². The van der Waals surface area contributed by atoms with E-state index >= 15 is 0 Å². The van der Waals surface area contributed by atoms with E-state index in [9.17, 15) is 9.18 Å². The van der Waals surface area contributed by atoms with Gasteiger partial charge in [-0.25, -0.2) is 4.39 Å². The molecule has 0 heterocycles. The number of carbonyl (C=O) groups excluding carboxylic acids is 1.